The summed E-state index contributed by atoms with van der Waals surface area (Å²) in [5.41, 5.74) is 0. The molecule has 0 fully saturated rings. The minimum absolute atomic E-state index is 0.869. The summed E-state index contributed by atoms with van der Waals surface area (Å²) < 4.78 is 8.29. The molecule has 0 saturated carbocycles. The van der Waals surface area contributed by atoms with Gasteiger partial charge in [-0.2, -0.15) is 0 Å². The molecule has 0 atom stereocenters. The number of halogens is 2. The van der Waals surface area contributed by atoms with Gasteiger partial charge in [0.05, 0.1) is 0 Å². The van der Waals surface area contributed by atoms with E-state index in [1.807, 2.05) is 5.06 Å². The van der Waals surface area contributed by atoms with Gasteiger partial charge in [0.1, 0.15) is 0 Å². The fourth-order valence-corrected chi connectivity index (χ4v) is 11.7. The maximum atomic E-state index is 6.46. The normalized spacial score (nSPS) is 15.2. The first kappa shape index (κ1) is 20.2. The Bertz CT molecular complexity index is 241. The average molecular weight is 423 g/mol. The molecule has 19 heavy (non-hydrogen) atoms. The first-order valence-corrected chi connectivity index (χ1v) is 13.3. The van der Waals surface area contributed by atoms with Gasteiger partial charge in [-0.05, 0) is 0 Å². The molecule has 0 saturated heterocycles. The first-order valence-electron chi connectivity index (χ1n) is 7.24. The summed E-state index contributed by atoms with van der Waals surface area (Å²) in [5, 5.41) is 2.01. The number of hydrogen-bond acceptors (Lipinski definition) is 4. The molecule has 0 amide bonds. The number of rotatable bonds is 10. The molecule has 0 aliphatic carbocycles. The molecule has 4 nitrogen and oxygen atoms in total. The van der Waals surface area contributed by atoms with Crippen LogP contribution in [-0.4, -0.2) is 53.7 Å². The van der Waals surface area contributed by atoms with Gasteiger partial charge in [0.15, 0.2) is 0 Å². The molecule has 0 rings (SSSR count). The Balaban J connectivity index is 5.54. The zero-order chi connectivity index (χ0) is 15.1. The molecule has 0 aromatic heterocycles. The van der Waals surface area contributed by atoms with E-state index in [1.165, 1.54) is 0 Å². The number of nitrogens with zero attached hydrogens (tertiary/aromatic N) is 3. The predicted molar refractivity (Wildman–Crippen MR) is 94.6 cm³/mol. The molecular weight excluding hydrogens is 393 g/mol. The fraction of sp³-hybridized carbons (Fsp3) is 1.00. The number of hydroxylamine groups is 2. The van der Waals surface area contributed by atoms with E-state index >= 15 is 0 Å². The molecule has 0 unspecified atom stereocenters. The van der Waals surface area contributed by atoms with Gasteiger partial charge in [-0.15, -0.1) is 0 Å². The van der Waals surface area contributed by atoms with Crippen molar-refractivity contribution in [2.45, 2.75) is 41.5 Å². The van der Waals surface area contributed by atoms with E-state index in [0.29, 0.717) is 0 Å². The van der Waals surface area contributed by atoms with Crippen molar-refractivity contribution in [3.05, 3.63) is 0 Å². The summed E-state index contributed by atoms with van der Waals surface area (Å²) in [6, 6.07) is 0. The third kappa shape index (κ3) is 4.60. The molecule has 0 heterocycles. The Labute approximate surface area is 135 Å². The molecule has 0 aromatic carbocycles. The van der Waals surface area contributed by atoms with Crippen molar-refractivity contribution in [1.82, 2.24) is 14.4 Å². The molecule has 118 valence electrons. The Hall–Kier alpha value is 1.23. The van der Waals surface area contributed by atoms with E-state index < -0.39 is 4.54 Å². The molecule has 0 aliphatic heterocycles. The molecular formula is C12H30Br2N3OP. The number of hydrogen-bond donors (Lipinski definition) is 0. The van der Waals surface area contributed by atoms with Crippen molar-refractivity contribution < 1.29 is 4.62 Å². The molecule has 0 aromatic rings. The molecule has 0 spiro atoms. The van der Waals surface area contributed by atoms with Crippen molar-refractivity contribution in [1.29, 1.82) is 0 Å². The van der Waals surface area contributed by atoms with Gasteiger partial charge in [0, 0.05) is 0 Å². The van der Waals surface area contributed by atoms with Crippen LogP contribution in [0.2, 0.25) is 0 Å². The third-order valence-corrected chi connectivity index (χ3v) is 12.9. The zero-order valence-corrected chi connectivity index (χ0v) is 17.3. The fourth-order valence-electron chi connectivity index (χ4n) is 2.17. The van der Waals surface area contributed by atoms with Gasteiger partial charge in [-0.3, -0.25) is 0 Å². The summed E-state index contributed by atoms with van der Waals surface area (Å²) in [4.78, 5) is 0. The van der Waals surface area contributed by atoms with Crippen LogP contribution in [0.5, 0.6) is 0 Å². The van der Waals surface area contributed by atoms with E-state index in [-0.39, 0.29) is 0 Å². The maximum absolute atomic E-state index is 6.46. The van der Waals surface area contributed by atoms with Crippen LogP contribution in [-0.2, 0) is 4.62 Å². The zero-order valence-electron chi connectivity index (χ0n) is 13.2. The Morgan fingerprint density at radius 3 is 1.21 bits per heavy atom. The van der Waals surface area contributed by atoms with E-state index in [0.717, 1.165) is 39.3 Å². The van der Waals surface area contributed by atoms with Crippen LogP contribution in [0.1, 0.15) is 41.5 Å². The third-order valence-electron chi connectivity index (χ3n) is 3.33. The molecule has 7 heteroatoms. The summed E-state index contributed by atoms with van der Waals surface area (Å²) in [5.74, 6) is 0. The van der Waals surface area contributed by atoms with E-state index in [4.69, 9.17) is 4.62 Å². The van der Waals surface area contributed by atoms with Crippen molar-refractivity contribution in [3.63, 3.8) is 0 Å². The Kier molecular flexibility index (Phi) is 9.18. The SMILES string of the molecule is CCN(CC)OP(Br)(Br)(N(CC)CC)N(CC)CC. The second kappa shape index (κ2) is 8.62. The second-order valence-corrected chi connectivity index (χ2v) is 17.6. The average Bonchev–Trinajstić information content (AvgIpc) is 2.38. The summed E-state index contributed by atoms with van der Waals surface area (Å²) >= 11 is 7.96. The van der Waals surface area contributed by atoms with Crippen molar-refractivity contribution in [2.75, 3.05) is 39.3 Å². The minimum atomic E-state index is -2.89. The van der Waals surface area contributed by atoms with E-state index in [1.54, 1.807) is 0 Å². The van der Waals surface area contributed by atoms with Crippen LogP contribution in [0.25, 0.3) is 0 Å². The van der Waals surface area contributed by atoms with Crippen molar-refractivity contribution in [3.8, 4) is 0 Å². The Morgan fingerprint density at radius 1 is 0.684 bits per heavy atom. The first-order chi connectivity index (χ1) is 8.83. The summed E-state index contributed by atoms with van der Waals surface area (Å²) in [6.45, 7) is 18.4. The van der Waals surface area contributed by atoms with Crippen LogP contribution < -0.4 is 0 Å². The van der Waals surface area contributed by atoms with Crippen molar-refractivity contribution >= 4 is 35.5 Å². The quantitative estimate of drug-likeness (QED) is 0.369. The molecule has 0 aliphatic rings. The van der Waals surface area contributed by atoms with Gasteiger partial charge >= 0.3 is 135 Å². The topological polar surface area (TPSA) is 19.0 Å². The van der Waals surface area contributed by atoms with Gasteiger partial charge in [-0.1, -0.05) is 0 Å². The molecule has 0 radical (unpaired) electrons. The van der Waals surface area contributed by atoms with Crippen molar-refractivity contribution in [2.24, 2.45) is 0 Å². The van der Waals surface area contributed by atoms with Gasteiger partial charge < -0.3 is 0 Å². The van der Waals surface area contributed by atoms with E-state index in [9.17, 15) is 0 Å². The Morgan fingerprint density at radius 2 is 1.00 bits per heavy atom. The second-order valence-electron chi connectivity index (χ2n) is 4.23. The summed E-state index contributed by atoms with van der Waals surface area (Å²) in [7, 11) is 0. The van der Waals surface area contributed by atoms with Gasteiger partial charge in [-0.25, -0.2) is 0 Å². The van der Waals surface area contributed by atoms with Crippen LogP contribution in [0.3, 0.4) is 0 Å². The van der Waals surface area contributed by atoms with Crippen LogP contribution in [0.15, 0.2) is 0 Å². The van der Waals surface area contributed by atoms with Crippen LogP contribution in [0.4, 0.5) is 0 Å². The summed E-state index contributed by atoms with van der Waals surface area (Å²) in [6.07, 6.45) is 0. The van der Waals surface area contributed by atoms with Gasteiger partial charge in [0.25, 0.3) is 0 Å². The standard InChI is InChI=1S/C12H30Br2N3OP/c1-7-15(8-2)18-19(13,14,16(9-3)10-4)17(11-5)12-6/h7-12H2,1-6H3. The van der Waals surface area contributed by atoms with Gasteiger partial charge in [0.2, 0.25) is 0 Å². The van der Waals surface area contributed by atoms with Crippen LogP contribution >= 0.6 is 35.5 Å². The van der Waals surface area contributed by atoms with E-state index in [2.05, 4.69) is 81.9 Å². The predicted octanol–water partition coefficient (Wildman–Crippen LogP) is 4.86. The van der Waals surface area contributed by atoms with Crippen LogP contribution in [0, 0.1) is 0 Å². The molecule has 0 bridgehead atoms. The molecule has 0 N–H and O–H groups in total. The monoisotopic (exact) mass is 421 g/mol.